The molecule has 1 heterocycles. The molecule has 1 atom stereocenters. The van der Waals surface area contributed by atoms with Gasteiger partial charge < -0.3 is 14.8 Å². The first-order valence-electron chi connectivity index (χ1n) is 10.5. The molecule has 1 aliphatic rings. The van der Waals surface area contributed by atoms with Crippen LogP contribution in [0.5, 0.6) is 11.5 Å². The predicted molar refractivity (Wildman–Crippen MR) is 122 cm³/mol. The van der Waals surface area contributed by atoms with E-state index in [1.54, 1.807) is 42.5 Å². The lowest BCUT2D eigenvalue weighted by Crippen LogP contribution is -2.37. The summed E-state index contributed by atoms with van der Waals surface area (Å²) in [4.78, 5) is 40.5. The molecule has 1 N–H and O–H groups in total. The van der Waals surface area contributed by atoms with Gasteiger partial charge in [0.05, 0.1) is 37.8 Å². The smallest absolute Gasteiger partial charge is 0.262 e. The van der Waals surface area contributed by atoms with E-state index in [1.165, 1.54) is 14.2 Å². The third-order valence-electron chi connectivity index (χ3n) is 5.65. The van der Waals surface area contributed by atoms with Crippen molar-refractivity contribution in [3.05, 3.63) is 95.1 Å². The van der Waals surface area contributed by atoms with Crippen LogP contribution in [0.3, 0.4) is 0 Å². The number of imide groups is 1. The zero-order valence-corrected chi connectivity index (χ0v) is 18.4. The number of rotatable bonds is 8. The Kier molecular flexibility index (Phi) is 6.40. The number of fused-ring (bicyclic) bond motifs is 1. The highest BCUT2D eigenvalue weighted by Crippen LogP contribution is 2.38. The molecule has 1 unspecified atom stereocenters. The molecule has 0 saturated carbocycles. The third-order valence-corrected chi connectivity index (χ3v) is 5.65. The van der Waals surface area contributed by atoms with Gasteiger partial charge >= 0.3 is 0 Å². The van der Waals surface area contributed by atoms with Gasteiger partial charge in [0.1, 0.15) is 11.5 Å². The van der Waals surface area contributed by atoms with E-state index in [9.17, 15) is 14.4 Å². The average molecular weight is 444 g/mol. The van der Waals surface area contributed by atoms with Crippen molar-refractivity contribution in [3.63, 3.8) is 0 Å². The first-order chi connectivity index (χ1) is 16.0. The van der Waals surface area contributed by atoms with E-state index < -0.39 is 17.9 Å². The summed E-state index contributed by atoms with van der Waals surface area (Å²) in [5.41, 5.74) is 2.14. The Bertz CT molecular complexity index is 1160. The molecule has 3 aromatic rings. The van der Waals surface area contributed by atoms with Gasteiger partial charge in [-0.2, -0.15) is 0 Å². The molecule has 7 heteroatoms. The van der Waals surface area contributed by atoms with E-state index in [0.717, 1.165) is 10.5 Å². The van der Waals surface area contributed by atoms with E-state index >= 15 is 0 Å². The van der Waals surface area contributed by atoms with Crippen molar-refractivity contribution in [2.24, 2.45) is 0 Å². The molecule has 1 aliphatic heterocycles. The van der Waals surface area contributed by atoms with Gasteiger partial charge in [-0.1, -0.05) is 42.5 Å². The molecule has 0 aliphatic carbocycles. The fourth-order valence-corrected chi connectivity index (χ4v) is 3.97. The third kappa shape index (κ3) is 4.43. The van der Waals surface area contributed by atoms with Crippen molar-refractivity contribution in [2.45, 2.75) is 19.0 Å². The molecular weight excluding hydrogens is 420 g/mol. The quantitative estimate of drug-likeness (QED) is 0.535. The van der Waals surface area contributed by atoms with Crippen LogP contribution in [-0.4, -0.2) is 36.8 Å². The maximum Gasteiger partial charge on any atom is 0.262 e. The zero-order chi connectivity index (χ0) is 23.4. The van der Waals surface area contributed by atoms with Crippen LogP contribution in [0, 0.1) is 0 Å². The van der Waals surface area contributed by atoms with Crippen molar-refractivity contribution in [2.75, 3.05) is 14.2 Å². The van der Waals surface area contributed by atoms with Crippen molar-refractivity contribution >= 4 is 17.7 Å². The Morgan fingerprint density at radius 1 is 0.879 bits per heavy atom. The van der Waals surface area contributed by atoms with Crippen molar-refractivity contribution in [1.29, 1.82) is 0 Å². The average Bonchev–Trinajstić information content (AvgIpc) is 3.11. The van der Waals surface area contributed by atoms with Gasteiger partial charge in [0, 0.05) is 18.2 Å². The Morgan fingerprint density at radius 2 is 1.52 bits per heavy atom. The van der Waals surface area contributed by atoms with Gasteiger partial charge in [-0.25, -0.2) is 0 Å². The summed E-state index contributed by atoms with van der Waals surface area (Å²) >= 11 is 0. The van der Waals surface area contributed by atoms with E-state index in [0.29, 0.717) is 34.7 Å². The second-order valence-electron chi connectivity index (χ2n) is 7.62. The Balaban J connectivity index is 1.67. The fraction of sp³-hybridized carbons (Fsp3) is 0.192. The number of hydrogen-bond donors (Lipinski definition) is 1. The van der Waals surface area contributed by atoms with Gasteiger partial charge in [-0.05, 0) is 29.8 Å². The standard InChI is InChI=1S/C26H24N2O5/c1-32-18-12-13-21(23(14-18)33-2)22(15-24(29)27-16-17-8-4-3-5-9-17)28-25(30)19-10-6-7-11-20(19)26(28)31/h3-14,22H,15-16H2,1-2H3,(H,27,29). The number of methoxy groups -OCH3 is 2. The largest absolute Gasteiger partial charge is 0.497 e. The van der Waals surface area contributed by atoms with Crippen LogP contribution < -0.4 is 14.8 Å². The van der Waals surface area contributed by atoms with Crippen LogP contribution in [-0.2, 0) is 11.3 Å². The number of carbonyl (C=O) groups is 3. The van der Waals surface area contributed by atoms with Crippen LogP contribution in [0.2, 0.25) is 0 Å². The highest BCUT2D eigenvalue weighted by molar-refractivity contribution is 6.21. The summed E-state index contributed by atoms with van der Waals surface area (Å²) in [6.07, 6.45) is -0.110. The lowest BCUT2D eigenvalue weighted by Gasteiger charge is -2.28. The normalized spacial score (nSPS) is 13.5. The highest BCUT2D eigenvalue weighted by atomic mass is 16.5. The van der Waals surface area contributed by atoms with Crippen molar-refractivity contribution < 1.29 is 23.9 Å². The minimum atomic E-state index is -0.853. The molecule has 33 heavy (non-hydrogen) atoms. The second-order valence-corrected chi connectivity index (χ2v) is 7.62. The Labute approximate surface area is 191 Å². The summed E-state index contributed by atoms with van der Waals surface area (Å²) < 4.78 is 10.8. The molecule has 0 radical (unpaired) electrons. The summed E-state index contributed by atoms with van der Waals surface area (Å²) in [5.74, 6) is -0.182. The number of nitrogens with one attached hydrogen (secondary N) is 1. The first-order valence-corrected chi connectivity index (χ1v) is 10.5. The molecule has 0 bridgehead atoms. The molecule has 3 amide bonds. The number of ether oxygens (including phenoxy) is 2. The van der Waals surface area contributed by atoms with E-state index in [-0.39, 0.29) is 12.3 Å². The Morgan fingerprint density at radius 3 is 2.12 bits per heavy atom. The second kappa shape index (κ2) is 9.56. The summed E-state index contributed by atoms with van der Waals surface area (Å²) in [7, 11) is 3.03. The molecule has 0 saturated heterocycles. The number of carbonyl (C=O) groups excluding carboxylic acids is 3. The Hall–Kier alpha value is -4.13. The molecule has 0 fully saturated rings. The minimum absolute atomic E-state index is 0.110. The molecule has 4 rings (SSSR count). The van der Waals surface area contributed by atoms with E-state index in [2.05, 4.69) is 5.32 Å². The summed E-state index contributed by atoms with van der Waals surface area (Å²) in [6.45, 7) is 0.342. The lowest BCUT2D eigenvalue weighted by atomic mass is 9.99. The van der Waals surface area contributed by atoms with Crippen LogP contribution >= 0.6 is 0 Å². The van der Waals surface area contributed by atoms with Gasteiger partial charge in [0.2, 0.25) is 5.91 Å². The van der Waals surface area contributed by atoms with Gasteiger partial charge in [0.25, 0.3) is 11.8 Å². The zero-order valence-electron chi connectivity index (χ0n) is 18.4. The molecule has 0 aromatic heterocycles. The fourth-order valence-electron chi connectivity index (χ4n) is 3.97. The van der Waals surface area contributed by atoms with Crippen LogP contribution in [0.4, 0.5) is 0 Å². The molecule has 0 spiro atoms. The monoisotopic (exact) mass is 444 g/mol. The van der Waals surface area contributed by atoms with Gasteiger partial charge in [-0.15, -0.1) is 0 Å². The highest BCUT2D eigenvalue weighted by Gasteiger charge is 2.42. The van der Waals surface area contributed by atoms with Crippen molar-refractivity contribution in [3.8, 4) is 11.5 Å². The van der Waals surface area contributed by atoms with Gasteiger partial charge in [0.15, 0.2) is 0 Å². The number of nitrogens with zero attached hydrogens (tertiary/aromatic N) is 1. The maximum atomic E-state index is 13.2. The number of hydrogen-bond acceptors (Lipinski definition) is 5. The predicted octanol–water partition coefficient (Wildman–Crippen LogP) is 3.75. The number of benzene rings is 3. The maximum absolute atomic E-state index is 13.2. The summed E-state index contributed by atoms with van der Waals surface area (Å²) in [6, 6.07) is 20.4. The SMILES string of the molecule is COc1ccc(C(CC(=O)NCc2ccccc2)N2C(=O)c3ccccc3C2=O)c(OC)c1. The molecule has 7 nitrogen and oxygen atoms in total. The molecule has 3 aromatic carbocycles. The number of amides is 3. The van der Waals surface area contributed by atoms with Crippen LogP contribution in [0.1, 0.15) is 44.3 Å². The van der Waals surface area contributed by atoms with E-state index in [1.807, 2.05) is 30.3 Å². The summed E-state index contributed by atoms with van der Waals surface area (Å²) in [5, 5.41) is 2.88. The van der Waals surface area contributed by atoms with Crippen LogP contribution in [0.15, 0.2) is 72.8 Å². The van der Waals surface area contributed by atoms with E-state index in [4.69, 9.17) is 9.47 Å². The lowest BCUT2D eigenvalue weighted by molar-refractivity contribution is -0.122. The topological polar surface area (TPSA) is 84.9 Å². The van der Waals surface area contributed by atoms with Crippen LogP contribution in [0.25, 0.3) is 0 Å². The minimum Gasteiger partial charge on any atom is -0.497 e. The first kappa shape index (κ1) is 22.1. The van der Waals surface area contributed by atoms with Crippen molar-refractivity contribution in [1.82, 2.24) is 10.2 Å². The van der Waals surface area contributed by atoms with Gasteiger partial charge in [-0.3, -0.25) is 19.3 Å². The molecular formula is C26H24N2O5. The molecule has 168 valence electrons.